The van der Waals surface area contributed by atoms with Crippen LogP contribution in [0.25, 0.3) is 0 Å². The molecule has 1 atom stereocenters. The largest absolute Gasteiger partial charge is 0.368 e. The Labute approximate surface area is 154 Å². The summed E-state index contributed by atoms with van der Waals surface area (Å²) in [6, 6.07) is 0. The molecule has 2 heterocycles. The molecule has 0 aromatic carbocycles. The Bertz CT molecular complexity index is 678. The standard InChI is InChI=1S/C18H30N6O2/c1-5-6-8-18(4,11-20-12(2)25)23-16-14-10-24(13(3)26)9-7-15(14)21-17(19)22-16/h5-11H2,1-4H3,(H,20,25)(H3,19,21,22,23)/t18-/m1/s1. The number of hydrogen-bond donors (Lipinski definition) is 3. The normalized spacial score (nSPS) is 15.8. The summed E-state index contributed by atoms with van der Waals surface area (Å²) in [7, 11) is 0. The SMILES string of the molecule is CCCC[C@](C)(CNC(C)=O)Nc1nc(N)nc2c1CN(C(C)=O)CC2. The van der Waals surface area contributed by atoms with Crippen molar-refractivity contribution in [1.82, 2.24) is 20.2 Å². The number of carbonyl (C=O) groups excluding carboxylic acids is 2. The Hall–Kier alpha value is -2.38. The number of nitrogens with two attached hydrogens (primary N) is 1. The molecule has 26 heavy (non-hydrogen) atoms. The Morgan fingerprint density at radius 1 is 1.31 bits per heavy atom. The number of carbonyl (C=O) groups is 2. The van der Waals surface area contributed by atoms with E-state index in [1.54, 1.807) is 11.8 Å². The predicted molar refractivity (Wildman–Crippen MR) is 101 cm³/mol. The number of hydrogen-bond acceptors (Lipinski definition) is 6. The van der Waals surface area contributed by atoms with Crippen LogP contribution in [0.1, 0.15) is 58.2 Å². The fourth-order valence-corrected chi connectivity index (χ4v) is 3.17. The van der Waals surface area contributed by atoms with Crippen molar-refractivity contribution in [3.05, 3.63) is 11.3 Å². The van der Waals surface area contributed by atoms with E-state index in [4.69, 9.17) is 5.73 Å². The summed E-state index contributed by atoms with van der Waals surface area (Å²) in [4.78, 5) is 33.7. The molecule has 1 aliphatic heterocycles. The molecule has 2 rings (SSSR count). The van der Waals surface area contributed by atoms with Crippen molar-refractivity contribution in [3.63, 3.8) is 0 Å². The Balaban J connectivity index is 2.31. The highest BCUT2D eigenvalue weighted by molar-refractivity contribution is 5.74. The molecule has 2 amide bonds. The van der Waals surface area contributed by atoms with E-state index in [1.165, 1.54) is 6.92 Å². The van der Waals surface area contributed by atoms with E-state index < -0.39 is 0 Å². The van der Waals surface area contributed by atoms with Crippen molar-refractivity contribution in [1.29, 1.82) is 0 Å². The van der Waals surface area contributed by atoms with E-state index in [1.807, 2.05) is 0 Å². The van der Waals surface area contributed by atoms with Crippen molar-refractivity contribution in [2.75, 3.05) is 24.1 Å². The smallest absolute Gasteiger partial charge is 0.222 e. The molecule has 1 aromatic rings. The number of nitrogens with one attached hydrogen (secondary N) is 2. The van der Waals surface area contributed by atoms with Crippen molar-refractivity contribution >= 4 is 23.6 Å². The third-order valence-corrected chi connectivity index (χ3v) is 4.75. The first-order chi connectivity index (χ1) is 12.2. The molecule has 0 radical (unpaired) electrons. The van der Waals surface area contributed by atoms with Crippen molar-refractivity contribution in [2.45, 2.75) is 65.5 Å². The highest BCUT2D eigenvalue weighted by Gasteiger charge is 2.29. The minimum atomic E-state index is -0.366. The first kappa shape index (κ1) is 19.9. The zero-order valence-corrected chi connectivity index (χ0v) is 16.2. The summed E-state index contributed by atoms with van der Waals surface area (Å²) in [5.41, 5.74) is 7.33. The number of aromatic nitrogens is 2. The Kier molecular flexibility index (Phi) is 6.39. The molecule has 144 valence electrons. The zero-order valence-electron chi connectivity index (χ0n) is 16.2. The molecule has 1 aromatic heterocycles. The van der Waals surface area contributed by atoms with E-state index >= 15 is 0 Å². The van der Waals surface area contributed by atoms with Gasteiger partial charge in [0.15, 0.2) is 0 Å². The van der Waals surface area contributed by atoms with Gasteiger partial charge in [-0.25, -0.2) is 4.98 Å². The molecular weight excluding hydrogens is 332 g/mol. The van der Waals surface area contributed by atoms with Crippen LogP contribution in [-0.4, -0.2) is 45.3 Å². The monoisotopic (exact) mass is 362 g/mol. The van der Waals surface area contributed by atoms with Gasteiger partial charge < -0.3 is 21.3 Å². The second-order valence-corrected chi connectivity index (χ2v) is 7.25. The topological polar surface area (TPSA) is 113 Å². The van der Waals surface area contributed by atoms with Crippen molar-refractivity contribution in [3.8, 4) is 0 Å². The summed E-state index contributed by atoms with van der Waals surface area (Å²) >= 11 is 0. The van der Waals surface area contributed by atoms with Crippen molar-refractivity contribution < 1.29 is 9.59 Å². The lowest BCUT2D eigenvalue weighted by molar-refractivity contribution is -0.129. The minimum Gasteiger partial charge on any atom is -0.368 e. The van der Waals surface area contributed by atoms with Crippen LogP contribution in [0.5, 0.6) is 0 Å². The summed E-state index contributed by atoms with van der Waals surface area (Å²) in [6.45, 7) is 8.86. The maximum Gasteiger partial charge on any atom is 0.222 e. The number of amides is 2. The molecule has 0 spiro atoms. The minimum absolute atomic E-state index is 0.0328. The molecule has 4 N–H and O–H groups in total. The fraction of sp³-hybridized carbons (Fsp3) is 0.667. The summed E-state index contributed by atoms with van der Waals surface area (Å²) in [6.07, 6.45) is 3.61. The molecule has 1 aliphatic rings. The van der Waals surface area contributed by atoms with Gasteiger partial charge in [-0.3, -0.25) is 9.59 Å². The average molecular weight is 362 g/mol. The predicted octanol–water partition coefficient (Wildman–Crippen LogP) is 1.46. The maximum absolute atomic E-state index is 11.8. The van der Waals surface area contributed by atoms with Crippen LogP contribution in [-0.2, 0) is 22.6 Å². The first-order valence-electron chi connectivity index (χ1n) is 9.17. The second kappa shape index (κ2) is 8.33. The van der Waals surface area contributed by atoms with Gasteiger partial charge in [-0.15, -0.1) is 0 Å². The van der Waals surface area contributed by atoms with Gasteiger partial charge in [-0.1, -0.05) is 19.8 Å². The number of unbranched alkanes of at least 4 members (excludes halogenated alkanes) is 1. The van der Waals surface area contributed by atoms with Gasteiger partial charge in [-0.2, -0.15) is 4.98 Å². The van der Waals surface area contributed by atoms with Gasteiger partial charge in [0.1, 0.15) is 5.82 Å². The summed E-state index contributed by atoms with van der Waals surface area (Å²) in [5, 5.41) is 6.39. The van der Waals surface area contributed by atoms with Gasteiger partial charge in [0, 0.05) is 38.9 Å². The molecule has 8 nitrogen and oxygen atoms in total. The fourth-order valence-electron chi connectivity index (χ4n) is 3.17. The number of fused-ring (bicyclic) bond motifs is 1. The lowest BCUT2D eigenvalue weighted by Crippen LogP contribution is -2.47. The average Bonchev–Trinajstić information content (AvgIpc) is 2.58. The highest BCUT2D eigenvalue weighted by Crippen LogP contribution is 2.28. The molecule has 0 fully saturated rings. The zero-order chi connectivity index (χ0) is 19.3. The quantitative estimate of drug-likeness (QED) is 0.677. The number of rotatable bonds is 7. The molecule has 0 unspecified atom stereocenters. The summed E-state index contributed by atoms with van der Waals surface area (Å²) in [5.74, 6) is 0.842. The van der Waals surface area contributed by atoms with Crippen LogP contribution in [0, 0.1) is 0 Å². The van der Waals surface area contributed by atoms with E-state index in [0.717, 1.165) is 30.5 Å². The first-order valence-corrected chi connectivity index (χ1v) is 9.17. The number of anilines is 2. The van der Waals surface area contributed by atoms with Crippen LogP contribution >= 0.6 is 0 Å². The van der Waals surface area contributed by atoms with Crippen LogP contribution in [0.2, 0.25) is 0 Å². The van der Waals surface area contributed by atoms with Gasteiger partial charge in [0.2, 0.25) is 17.8 Å². The van der Waals surface area contributed by atoms with Crippen LogP contribution in [0.4, 0.5) is 11.8 Å². The van der Waals surface area contributed by atoms with E-state index in [0.29, 0.717) is 31.9 Å². The molecular formula is C18H30N6O2. The number of nitrogen functional groups attached to an aromatic ring is 1. The molecule has 0 saturated carbocycles. The van der Waals surface area contributed by atoms with E-state index in [-0.39, 0.29) is 23.3 Å². The maximum atomic E-state index is 11.8. The van der Waals surface area contributed by atoms with Crippen LogP contribution in [0.3, 0.4) is 0 Å². The Morgan fingerprint density at radius 3 is 2.65 bits per heavy atom. The molecule has 8 heteroatoms. The third kappa shape index (κ3) is 5.06. The van der Waals surface area contributed by atoms with Gasteiger partial charge in [0.05, 0.1) is 17.8 Å². The van der Waals surface area contributed by atoms with E-state index in [9.17, 15) is 9.59 Å². The third-order valence-electron chi connectivity index (χ3n) is 4.75. The lowest BCUT2D eigenvalue weighted by atomic mass is 9.93. The molecule has 0 aliphatic carbocycles. The second-order valence-electron chi connectivity index (χ2n) is 7.25. The number of nitrogens with zero attached hydrogens (tertiary/aromatic N) is 3. The lowest BCUT2D eigenvalue weighted by Gasteiger charge is -2.35. The van der Waals surface area contributed by atoms with Crippen molar-refractivity contribution in [2.24, 2.45) is 0 Å². The van der Waals surface area contributed by atoms with Gasteiger partial charge in [-0.05, 0) is 13.3 Å². The van der Waals surface area contributed by atoms with Gasteiger partial charge >= 0.3 is 0 Å². The Morgan fingerprint density at radius 2 is 2.04 bits per heavy atom. The highest BCUT2D eigenvalue weighted by atomic mass is 16.2. The van der Waals surface area contributed by atoms with Gasteiger partial charge in [0.25, 0.3) is 0 Å². The van der Waals surface area contributed by atoms with Crippen LogP contribution in [0.15, 0.2) is 0 Å². The van der Waals surface area contributed by atoms with E-state index in [2.05, 4.69) is 34.4 Å². The summed E-state index contributed by atoms with van der Waals surface area (Å²) < 4.78 is 0. The van der Waals surface area contributed by atoms with Crippen LogP contribution < -0.4 is 16.4 Å². The molecule has 0 saturated heterocycles. The molecule has 0 bridgehead atoms.